The third-order valence-corrected chi connectivity index (χ3v) is 2.34. The minimum atomic E-state index is 0.229. The predicted octanol–water partition coefficient (Wildman–Crippen LogP) is 3.48. The molecular formula is C9H16F. The summed E-state index contributed by atoms with van der Waals surface area (Å²) < 4.78 is 12.5. The Morgan fingerprint density at radius 2 is 2.00 bits per heavy atom. The predicted molar refractivity (Wildman–Crippen MR) is 41.2 cm³/mol. The number of hydrogen-bond acceptors (Lipinski definition) is 0. The molecule has 0 aromatic carbocycles. The zero-order valence-corrected chi connectivity index (χ0v) is 6.70. The van der Waals surface area contributed by atoms with Gasteiger partial charge in [-0.1, -0.05) is 19.8 Å². The van der Waals surface area contributed by atoms with E-state index < -0.39 is 0 Å². The van der Waals surface area contributed by atoms with Crippen molar-refractivity contribution in [3.05, 3.63) is 6.17 Å². The molecule has 1 saturated carbocycles. The van der Waals surface area contributed by atoms with Crippen LogP contribution in [-0.4, -0.2) is 0 Å². The first-order chi connectivity index (χ1) is 4.83. The van der Waals surface area contributed by atoms with E-state index in [9.17, 15) is 4.39 Å². The summed E-state index contributed by atoms with van der Waals surface area (Å²) in [6.07, 6.45) is 6.46. The molecule has 0 unspecified atom stereocenters. The van der Waals surface area contributed by atoms with Crippen LogP contribution in [0.15, 0.2) is 0 Å². The summed E-state index contributed by atoms with van der Waals surface area (Å²) in [7, 11) is 0. The molecule has 0 spiro atoms. The lowest BCUT2D eigenvalue weighted by Crippen LogP contribution is -2.09. The highest BCUT2D eigenvalue weighted by molar-refractivity contribution is 4.83. The highest BCUT2D eigenvalue weighted by Gasteiger charge is 2.20. The molecule has 0 amide bonds. The van der Waals surface area contributed by atoms with Crippen molar-refractivity contribution in [3.8, 4) is 0 Å². The zero-order chi connectivity index (χ0) is 7.40. The number of rotatable bonds is 2. The second kappa shape index (κ2) is 3.95. The third kappa shape index (κ3) is 2.28. The minimum absolute atomic E-state index is 0.229. The van der Waals surface area contributed by atoms with Crippen LogP contribution in [0.25, 0.3) is 0 Å². The van der Waals surface area contributed by atoms with Crippen molar-refractivity contribution in [3.63, 3.8) is 0 Å². The van der Waals surface area contributed by atoms with Gasteiger partial charge in [-0.3, -0.25) is 0 Å². The summed E-state index contributed by atoms with van der Waals surface area (Å²) in [4.78, 5) is 0. The van der Waals surface area contributed by atoms with Gasteiger partial charge >= 0.3 is 0 Å². The maximum Gasteiger partial charge on any atom is 0.144 e. The van der Waals surface area contributed by atoms with Gasteiger partial charge in [0.05, 0.1) is 0 Å². The van der Waals surface area contributed by atoms with Crippen molar-refractivity contribution in [1.82, 2.24) is 0 Å². The fourth-order valence-corrected chi connectivity index (χ4v) is 1.69. The number of hydrogen-bond donors (Lipinski definition) is 0. The molecule has 1 heteroatoms. The summed E-state index contributed by atoms with van der Waals surface area (Å²) >= 11 is 0. The summed E-state index contributed by atoms with van der Waals surface area (Å²) in [5.41, 5.74) is 0. The van der Waals surface area contributed by atoms with Gasteiger partial charge in [0, 0.05) is 0 Å². The zero-order valence-electron chi connectivity index (χ0n) is 6.70. The van der Waals surface area contributed by atoms with Crippen molar-refractivity contribution < 1.29 is 4.39 Å². The second-order valence-electron chi connectivity index (χ2n) is 3.25. The fourth-order valence-electron chi connectivity index (χ4n) is 1.69. The van der Waals surface area contributed by atoms with Crippen molar-refractivity contribution in [2.24, 2.45) is 5.92 Å². The Balaban J connectivity index is 2.13. The van der Waals surface area contributed by atoms with E-state index in [1.54, 1.807) is 0 Å². The first-order valence-electron chi connectivity index (χ1n) is 4.33. The maximum absolute atomic E-state index is 12.5. The monoisotopic (exact) mass is 143 g/mol. The average molecular weight is 143 g/mol. The van der Waals surface area contributed by atoms with Gasteiger partial charge in [-0.2, -0.15) is 0 Å². The van der Waals surface area contributed by atoms with Gasteiger partial charge < -0.3 is 0 Å². The largest absolute Gasteiger partial charge is 0.240 e. The van der Waals surface area contributed by atoms with Crippen LogP contribution in [0.4, 0.5) is 4.39 Å². The van der Waals surface area contributed by atoms with E-state index in [0.717, 1.165) is 31.6 Å². The first-order valence-corrected chi connectivity index (χ1v) is 4.33. The van der Waals surface area contributed by atoms with Crippen LogP contribution in [-0.2, 0) is 0 Å². The summed E-state index contributed by atoms with van der Waals surface area (Å²) in [6, 6.07) is 0. The molecule has 0 aliphatic heterocycles. The average Bonchev–Trinajstić information content (AvgIpc) is 1.95. The van der Waals surface area contributed by atoms with Gasteiger partial charge in [-0.15, -0.1) is 0 Å². The molecule has 0 aromatic rings. The summed E-state index contributed by atoms with van der Waals surface area (Å²) in [5, 5.41) is 0. The van der Waals surface area contributed by atoms with Crippen LogP contribution in [0.3, 0.4) is 0 Å². The van der Waals surface area contributed by atoms with E-state index in [2.05, 4.69) is 6.92 Å². The van der Waals surface area contributed by atoms with Gasteiger partial charge in [0.15, 0.2) is 0 Å². The standard InChI is InChI=1S/C9H16F/c1-2-3-8-4-6-9(10)7-5-8/h8H,2-7H2,1H3. The van der Waals surface area contributed by atoms with E-state index in [1.807, 2.05) is 0 Å². The number of halogens is 1. The smallest absolute Gasteiger partial charge is 0.144 e. The third-order valence-electron chi connectivity index (χ3n) is 2.34. The molecule has 1 aliphatic rings. The SMILES string of the molecule is CCCC1CC[C](F)CC1. The van der Waals surface area contributed by atoms with Gasteiger partial charge in [0.25, 0.3) is 0 Å². The Hall–Kier alpha value is -0.0700. The molecular weight excluding hydrogens is 127 g/mol. The van der Waals surface area contributed by atoms with E-state index >= 15 is 0 Å². The van der Waals surface area contributed by atoms with Crippen LogP contribution in [0.2, 0.25) is 0 Å². The molecule has 1 radical (unpaired) electrons. The normalized spacial score (nSPS) is 23.4. The van der Waals surface area contributed by atoms with Crippen molar-refractivity contribution in [2.75, 3.05) is 0 Å². The van der Waals surface area contributed by atoms with Crippen molar-refractivity contribution >= 4 is 0 Å². The quantitative estimate of drug-likeness (QED) is 0.555. The molecule has 0 aromatic heterocycles. The molecule has 59 valence electrons. The van der Waals surface area contributed by atoms with Gasteiger partial charge in [0.1, 0.15) is 6.17 Å². The highest BCUT2D eigenvalue weighted by atomic mass is 19.1. The van der Waals surface area contributed by atoms with Crippen LogP contribution in [0.5, 0.6) is 0 Å². The molecule has 1 aliphatic carbocycles. The molecule has 0 nitrogen and oxygen atoms in total. The maximum atomic E-state index is 12.5. The lowest BCUT2D eigenvalue weighted by molar-refractivity contribution is 0.283. The van der Waals surface area contributed by atoms with Crippen molar-refractivity contribution in [1.29, 1.82) is 0 Å². The van der Waals surface area contributed by atoms with Crippen LogP contribution in [0, 0.1) is 12.1 Å². The molecule has 0 saturated heterocycles. The molecule has 0 N–H and O–H groups in total. The molecule has 10 heavy (non-hydrogen) atoms. The first kappa shape index (κ1) is 8.03. The lowest BCUT2D eigenvalue weighted by atomic mass is 9.85. The van der Waals surface area contributed by atoms with Gasteiger partial charge in [-0.05, 0) is 31.6 Å². The second-order valence-corrected chi connectivity index (χ2v) is 3.25. The van der Waals surface area contributed by atoms with Crippen molar-refractivity contribution in [2.45, 2.75) is 45.4 Å². The van der Waals surface area contributed by atoms with Gasteiger partial charge in [0.2, 0.25) is 0 Å². The Labute approximate surface area is 62.8 Å². The van der Waals surface area contributed by atoms with Gasteiger partial charge in [-0.25, -0.2) is 4.39 Å². The Kier molecular flexibility index (Phi) is 3.17. The lowest BCUT2D eigenvalue weighted by Gasteiger charge is -2.22. The highest BCUT2D eigenvalue weighted by Crippen LogP contribution is 2.33. The molecule has 0 atom stereocenters. The Morgan fingerprint density at radius 1 is 1.40 bits per heavy atom. The van der Waals surface area contributed by atoms with Crippen LogP contribution in [0.1, 0.15) is 45.4 Å². The van der Waals surface area contributed by atoms with E-state index in [0.29, 0.717) is 0 Å². The summed E-state index contributed by atoms with van der Waals surface area (Å²) in [5.74, 6) is 0.824. The van der Waals surface area contributed by atoms with Crippen LogP contribution >= 0.6 is 0 Å². The summed E-state index contributed by atoms with van der Waals surface area (Å²) in [6.45, 7) is 2.20. The Morgan fingerprint density at radius 3 is 2.50 bits per heavy atom. The topological polar surface area (TPSA) is 0 Å². The molecule has 0 heterocycles. The minimum Gasteiger partial charge on any atom is -0.240 e. The van der Waals surface area contributed by atoms with E-state index in [4.69, 9.17) is 0 Å². The fraction of sp³-hybridized carbons (Fsp3) is 0.889. The van der Waals surface area contributed by atoms with Crippen LogP contribution < -0.4 is 0 Å². The van der Waals surface area contributed by atoms with E-state index in [-0.39, 0.29) is 6.17 Å². The molecule has 1 rings (SSSR count). The molecule has 1 fully saturated rings. The molecule has 0 bridgehead atoms. The Bertz CT molecular complexity index is 82.7. The van der Waals surface area contributed by atoms with E-state index in [1.165, 1.54) is 12.8 Å².